The number of nitrogens with one attached hydrogen (secondary N) is 2. The van der Waals surface area contributed by atoms with Gasteiger partial charge in [-0.3, -0.25) is 9.59 Å². The Hall–Kier alpha value is -3.25. The second-order valence-electron chi connectivity index (χ2n) is 6.82. The highest BCUT2D eigenvalue weighted by molar-refractivity contribution is 6.31. The molecule has 0 saturated carbocycles. The Bertz CT molecular complexity index is 1070. The lowest BCUT2D eigenvalue weighted by Crippen LogP contribution is -2.34. The van der Waals surface area contributed by atoms with E-state index < -0.39 is 5.91 Å². The van der Waals surface area contributed by atoms with E-state index in [2.05, 4.69) is 10.6 Å². The highest BCUT2D eigenvalue weighted by Crippen LogP contribution is 2.30. The van der Waals surface area contributed by atoms with Crippen molar-refractivity contribution in [2.24, 2.45) is 0 Å². The zero-order valence-corrected chi connectivity index (χ0v) is 16.8. The fourth-order valence-electron chi connectivity index (χ4n) is 2.82. The number of amides is 2. The number of fused-ring (bicyclic) bond motifs is 1. The molecule has 0 fully saturated rings. The van der Waals surface area contributed by atoms with Gasteiger partial charge < -0.3 is 20.5 Å². The minimum absolute atomic E-state index is 0.0173. The normalized spacial score (nSPS) is 10.8. The summed E-state index contributed by atoms with van der Waals surface area (Å²) in [4.78, 5) is 24.9. The number of phenolic OH excluding ortho intramolecular Hbond substituents is 1. The maximum atomic E-state index is 12.9. The summed E-state index contributed by atoms with van der Waals surface area (Å²) < 4.78 is 5.66. The predicted octanol–water partition coefficient (Wildman–Crippen LogP) is 4.35. The van der Waals surface area contributed by atoms with Crippen LogP contribution in [0.5, 0.6) is 11.5 Å². The van der Waals surface area contributed by atoms with Gasteiger partial charge >= 0.3 is 0 Å². The lowest BCUT2D eigenvalue weighted by molar-refractivity contribution is -0.123. The van der Waals surface area contributed by atoms with Crippen LogP contribution in [0, 0.1) is 0 Å². The number of phenols is 1. The summed E-state index contributed by atoms with van der Waals surface area (Å²) in [7, 11) is 0. The van der Waals surface area contributed by atoms with Crippen LogP contribution in [0.3, 0.4) is 0 Å². The van der Waals surface area contributed by atoms with Crippen LogP contribution in [-0.4, -0.2) is 29.6 Å². The van der Waals surface area contributed by atoms with E-state index in [0.29, 0.717) is 5.02 Å². The number of halogens is 1. The number of carbonyl (C=O) groups is 2. The van der Waals surface area contributed by atoms with Crippen LogP contribution in [0.25, 0.3) is 10.8 Å². The predicted molar refractivity (Wildman–Crippen MR) is 114 cm³/mol. The van der Waals surface area contributed by atoms with Gasteiger partial charge in [-0.15, -0.1) is 0 Å². The van der Waals surface area contributed by atoms with Crippen LogP contribution in [0.2, 0.25) is 5.02 Å². The van der Waals surface area contributed by atoms with Crippen molar-refractivity contribution in [2.75, 3.05) is 11.9 Å². The summed E-state index contributed by atoms with van der Waals surface area (Å²) in [5.41, 5.74) is 0.416. The molecule has 0 aliphatic rings. The van der Waals surface area contributed by atoms with Gasteiger partial charge in [-0.2, -0.15) is 0 Å². The first-order valence-electron chi connectivity index (χ1n) is 9.08. The fourth-order valence-corrected chi connectivity index (χ4v) is 2.99. The first-order valence-corrected chi connectivity index (χ1v) is 9.46. The number of rotatable bonds is 6. The number of benzene rings is 3. The minimum Gasteiger partial charge on any atom is -0.506 e. The van der Waals surface area contributed by atoms with E-state index in [-0.39, 0.29) is 41.3 Å². The maximum absolute atomic E-state index is 12.9. The highest BCUT2D eigenvalue weighted by Gasteiger charge is 2.17. The van der Waals surface area contributed by atoms with Crippen molar-refractivity contribution in [3.8, 4) is 11.5 Å². The van der Waals surface area contributed by atoms with Crippen LogP contribution in [0.15, 0.2) is 54.6 Å². The third kappa shape index (κ3) is 5.18. The van der Waals surface area contributed by atoms with E-state index in [1.165, 1.54) is 18.2 Å². The molecule has 0 unspecified atom stereocenters. The summed E-state index contributed by atoms with van der Waals surface area (Å²) in [5.74, 6) is -0.622. The van der Waals surface area contributed by atoms with Crippen molar-refractivity contribution >= 4 is 39.9 Å². The third-order valence-electron chi connectivity index (χ3n) is 4.11. The number of carbonyl (C=O) groups excluding carboxylic acids is 2. The van der Waals surface area contributed by atoms with Crippen molar-refractivity contribution in [3.63, 3.8) is 0 Å². The topological polar surface area (TPSA) is 87.7 Å². The highest BCUT2D eigenvalue weighted by atomic mass is 35.5. The van der Waals surface area contributed by atoms with Gasteiger partial charge in [-0.1, -0.05) is 35.9 Å². The first-order chi connectivity index (χ1) is 13.8. The van der Waals surface area contributed by atoms with Crippen LogP contribution in [-0.2, 0) is 4.79 Å². The largest absolute Gasteiger partial charge is 0.506 e. The molecule has 2 amide bonds. The molecule has 0 saturated heterocycles. The first kappa shape index (κ1) is 20.5. The summed E-state index contributed by atoms with van der Waals surface area (Å²) in [6, 6.07) is 15.2. The monoisotopic (exact) mass is 412 g/mol. The molecule has 3 rings (SSSR count). The van der Waals surface area contributed by atoms with Gasteiger partial charge in [0.2, 0.25) is 0 Å². The molecule has 7 heteroatoms. The lowest BCUT2D eigenvalue weighted by atomic mass is 10.1. The van der Waals surface area contributed by atoms with Gasteiger partial charge in [-0.05, 0) is 55.0 Å². The standard InChI is InChI=1S/C22H21ClN2O4/c1-13(2)24-21(27)12-29-20-10-15-6-4-3-5-14(15)9-17(20)22(28)25-18-11-16(23)7-8-19(18)26/h3-11,13,26H,12H2,1-2H3,(H,24,27)(H,25,28). The number of anilines is 1. The van der Waals surface area contributed by atoms with Crippen molar-refractivity contribution in [1.29, 1.82) is 0 Å². The summed E-state index contributed by atoms with van der Waals surface area (Å²) in [6.07, 6.45) is 0. The molecule has 3 aromatic carbocycles. The second-order valence-corrected chi connectivity index (χ2v) is 7.26. The Labute approximate surface area is 173 Å². The minimum atomic E-state index is -0.493. The van der Waals surface area contributed by atoms with Crippen LogP contribution in [0.4, 0.5) is 5.69 Å². The molecule has 0 radical (unpaired) electrons. The Morgan fingerprint density at radius 3 is 2.45 bits per heavy atom. The van der Waals surface area contributed by atoms with Gasteiger partial charge in [-0.25, -0.2) is 0 Å². The van der Waals surface area contributed by atoms with Crippen LogP contribution >= 0.6 is 11.6 Å². The molecular formula is C22H21ClN2O4. The quantitative estimate of drug-likeness (QED) is 0.525. The van der Waals surface area contributed by atoms with E-state index in [0.717, 1.165) is 10.8 Å². The molecule has 0 bridgehead atoms. The Morgan fingerprint density at radius 1 is 1.07 bits per heavy atom. The average molecular weight is 413 g/mol. The molecule has 3 N–H and O–H groups in total. The zero-order chi connectivity index (χ0) is 21.0. The van der Waals surface area contributed by atoms with Crippen molar-refractivity contribution in [3.05, 3.63) is 65.2 Å². The van der Waals surface area contributed by atoms with Gasteiger partial charge in [0.15, 0.2) is 6.61 Å². The van der Waals surface area contributed by atoms with Gasteiger partial charge in [0.25, 0.3) is 11.8 Å². The molecule has 0 aliphatic heterocycles. The van der Waals surface area contributed by atoms with E-state index in [1.54, 1.807) is 12.1 Å². The number of hydrogen-bond donors (Lipinski definition) is 3. The number of ether oxygens (including phenoxy) is 1. The van der Waals surface area contributed by atoms with Gasteiger partial charge in [0, 0.05) is 11.1 Å². The number of hydrogen-bond acceptors (Lipinski definition) is 4. The summed E-state index contributed by atoms with van der Waals surface area (Å²) in [6.45, 7) is 3.48. The molecule has 0 aromatic heterocycles. The van der Waals surface area contributed by atoms with Crippen LogP contribution in [0.1, 0.15) is 24.2 Å². The molecule has 6 nitrogen and oxygen atoms in total. The molecule has 0 atom stereocenters. The number of aromatic hydroxyl groups is 1. The summed E-state index contributed by atoms with van der Waals surface area (Å²) in [5, 5.41) is 17.4. The van der Waals surface area contributed by atoms with E-state index >= 15 is 0 Å². The van der Waals surface area contributed by atoms with E-state index in [4.69, 9.17) is 16.3 Å². The van der Waals surface area contributed by atoms with E-state index in [1.807, 2.05) is 38.1 Å². The SMILES string of the molecule is CC(C)NC(=O)COc1cc2ccccc2cc1C(=O)Nc1cc(Cl)ccc1O. The van der Waals surface area contributed by atoms with Crippen LogP contribution < -0.4 is 15.4 Å². The second kappa shape index (κ2) is 8.84. The average Bonchev–Trinajstić information content (AvgIpc) is 2.68. The van der Waals surface area contributed by atoms with Gasteiger partial charge in [0.1, 0.15) is 11.5 Å². The molecular weight excluding hydrogens is 392 g/mol. The lowest BCUT2D eigenvalue weighted by Gasteiger charge is -2.15. The molecule has 0 aliphatic carbocycles. The Balaban J connectivity index is 1.92. The molecule has 3 aromatic rings. The molecule has 150 valence electrons. The van der Waals surface area contributed by atoms with Crippen molar-refractivity contribution in [1.82, 2.24) is 5.32 Å². The molecule has 29 heavy (non-hydrogen) atoms. The molecule has 0 heterocycles. The maximum Gasteiger partial charge on any atom is 0.259 e. The smallest absolute Gasteiger partial charge is 0.259 e. The Morgan fingerprint density at radius 2 is 1.76 bits per heavy atom. The molecule has 0 spiro atoms. The fraction of sp³-hybridized carbons (Fsp3) is 0.182. The Kier molecular flexibility index (Phi) is 6.24. The summed E-state index contributed by atoms with van der Waals surface area (Å²) >= 11 is 5.95. The zero-order valence-electron chi connectivity index (χ0n) is 16.0. The third-order valence-corrected chi connectivity index (χ3v) is 4.34. The van der Waals surface area contributed by atoms with Crippen molar-refractivity contribution in [2.45, 2.75) is 19.9 Å². The van der Waals surface area contributed by atoms with E-state index in [9.17, 15) is 14.7 Å². The van der Waals surface area contributed by atoms with Gasteiger partial charge in [0.05, 0.1) is 11.3 Å². The van der Waals surface area contributed by atoms with Crippen molar-refractivity contribution < 1.29 is 19.4 Å².